The van der Waals surface area contributed by atoms with Gasteiger partial charge < -0.3 is 20.1 Å². The number of hydrogen-bond acceptors (Lipinski definition) is 6. The van der Waals surface area contributed by atoms with Crippen LogP contribution in [0.5, 0.6) is 0 Å². The van der Waals surface area contributed by atoms with Crippen LogP contribution in [0.4, 0.5) is 0 Å². The molecule has 2 amide bonds. The molecule has 0 saturated carbocycles. The highest BCUT2D eigenvalue weighted by molar-refractivity contribution is 5.92. The topological polar surface area (TPSA) is 111 Å². The highest BCUT2D eigenvalue weighted by atomic mass is 16.5. The maximum atomic E-state index is 12.5. The van der Waals surface area contributed by atoms with E-state index in [1.807, 2.05) is 30.3 Å². The molecule has 0 radical (unpaired) electrons. The molecule has 8 nitrogen and oxygen atoms in total. The summed E-state index contributed by atoms with van der Waals surface area (Å²) in [6.45, 7) is 1.29. The summed E-state index contributed by atoms with van der Waals surface area (Å²) in [5.41, 5.74) is 0.832. The molecular formula is C17H22N2O6. The zero-order valence-corrected chi connectivity index (χ0v) is 14.4. The standard InChI is InChI=1S/C17H22N2O6/c1-11(20)18-13(9-12-7-5-4-6-8-12)16(22)19-14(17(23)25-3)10-15(21)24-2/h4-8,13-14H,9-10H2,1-3H3,(H,18,20)(H,19,22)/t13-,14+/m0/s1. The Bertz CT molecular complexity index is 617. The van der Waals surface area contributed by atoms with Crippen molar-refractivity contribution >= 4 is 23.8 Å². The second kappa shape index (κ2) is 10.1. The molecule has 0 heterocycles. The minimum atomic E-state index is -1.20. The molecule has 0 aliphatic heterocycles. The monoisotopic (exact) mass is 350 g/mol. The molecule has 25 heavy (non-hydrogen) atoms. The van der Waals surface area contributed by atoms with Crippen molar-refractivity contribution < 1.29 is 28.7 Å². The highest BCUT2D eigenvalue weighted by Crippen LogP contribution is 2.05. The minimum absolute atomic E-state index is 0.234. The van der Waals surface area contributed by atoms with E-state index in [1.165, 1.54) is 14.0 Å². The molecule has 1 rings (SSSR count). The van der Waals surface area contributed by atoms with Gasteiger partial charge in [0.1, 0.15) is 12.1 Å². The summed E-state index contributed by atoms with van der Waals surface area (Å²) in [6, 6.07) is 6.99. The first-order valence-electron chi connectivity index (χ1n) is 7.63. The Kier molecular flexibility index (Phi) is 8.11. The average Bonchev–Trinajstić information content (AvgIpc) is 2.60. The van der Waals surface area contributed by atoms with E-state index >= 15 is 0 Å². The maximum Gasteiger partial charge on any atom is 0.328 e. The fraction of sp³-hybridized carbons (Fsp3) is 0.412. The Balaban J connectivity index is 2.88. The fourth-order valence-electron chi connectivity index (χ4n) is 2.16. The van der Waals surface area contributed by atoms with E-state index in [0.29, 0.717) is 0 Å². The second-order valence-electron chi connectivity index (χ2n) is 5.31. The first-order chi connectivity index (χ1) is 11.9. The number of carbonyl (C=O) groups excluding carboxylic acids is 4. The van der Waals surface area contributed by atoms with E-state index in [2.05, 4.69) is 20.1 Å². The van der Waals surface area contributed by atoms with Crippen molar-refractivity contribution in [2.24, 2.45) is 0 Å². The zero-order valence-electron chi connectivity index (χ0n) is 14.4. The highest BCUT2D eigenvalue weighted by Gasteiger charge is 2.29. The lowest BCUT2D eigenvalue weighted by molar-refractivity contribution is -0.151. The van der Waals surface area contributed by atoms with E-state index in [0.717, 1.165) is 12.7 Å². The summed E-state index contributed by atoms with van der Waals surface area (Å²) in [7, 11) is 2.32. The quantitative estimate of drug-likeness (QED) is 0.636. The number of esters is 2. The average molecular weight is 350 g/mol. The molecule has 1 aromatic carbocycles. The van der Waals surface area contributed by atoms with Gasteiger partial charge >= 0.3 is 11.9 Å². The van der Waals surface area contributed by atoms with Crippen molar-refractivity contribution in [2.45, 2.75) is 31.8 Å². The van der Waals surface area contributed by atoms with Gasteiger partial charge in [0.05, 0.1) is 20.6 Å². The van der Waals surface area contributed by atoms with Gasteiger partial charge in [-0.1, -0.05) is 30.3 Å². The molecule has 2 atom stereocenters. The van der Waals surface area contributed by atoms with Crippen LogP contribution in [0.2, 0.25) is 0 Å². The Morgan fingerprint density at radius 2 is 1.60 bits per heavy atom. The maximum absolute atomic E-state index is 12.5. The SMILES string of the molecule is COC(=O)C[C@@H](NC(=O)[C@H](Cc1ccccc1)NC(C)=O)C(=O)OC. The van der Waals surface area contributed by atoms with Gasteiger partial charge in [-0.05, 0) is 5.56 Å². The van der Waals surface area contributed by atoms with Gasteiger partial charge in [0.15, 0.2) is 0 Å². The molecule has 0 fully saturated rings. The Morgan fingerprint density at radius 1 is 0.960 bits per heavy atom. The molecule has 0 spiro atoms. The van der Waals surface area contributed by atoms with Crippen LogP contribution in [0.1, 0.15) is 18.9 Å². The lowest BCUT2D eigenvalue weighted by Gasteiger charge is -2.21. The van der Waals surface area contributed by atoms with E-state index < -0.39 is 35.8 Å². The fourth-order valence-corrected chi connectivity index (χ4v) is 2.16. The van der Waals surface area contributed by atoms with E-state index in [9.17, 15) is 19.2 Å². The van der Waals surface area contributed by atoms with Gasteiger partial charge in [0.2, 0.25) is 11.8 Å². The summed E-state index contributed by atoms with van der Waals surface area (Å²) in [5.74, 6) is -2.44. The smallest absolute Gasteiger partial charge is 0.328 e. The summed E-state index contributed by atoms with van der Waals surface area (Å²) < 4.78 is 9.10. The van der Waals surface area contributed by atoms with Crippen molar-refractivity contribution in [3.8, 4) is 0 Å². The third-order valence-electron chi connectivity index (χ3n) is 3.38. The number of nitrogens with one attached hydrogen (secondary N) is 2. The summed E-state index contributed by atoms with van der Waals surface area (Å²) >= 11 is 0. The second-order valence-corrected chi connectivity index (χ2v) is 5.31. The largest absolute Gasteiger partial charge is 0.469 e. The van der Waals surface area contributed by atoms with Crippen molar-refractivity contribution in [3.63, 3.8) is 0 Å². The number of ether oxygens (including phenoxy) is 2. The van der Waals surface area contributed by atoms with Gasteiger partial charge in [-0.25, -0.2) is 4.79 Å². The normalized spacial score (nSPS) is 12.4. The van der Waals surface area contributed by atoms with E-state index in [4.69, 9.17) is 0 Å². The number of rotatable bonds is 8. The van der Waals surface area contributed by atoms with Crippen LogP contribution < -0.4 is 10.6 Å². The van der Waals surface area contributed by atoms with Gasteiger partial charge in [0, 0.05) is 13.3 Å². The van der Waals surface area contributed by atoms with Crippen LogP contribution in [-0.2, 0) is 35.1 Å². The van der Waals surface area contributed by atoms with E-state index in [1.54, 1.807) is 0 Å². The summed E-state index contributed by atoms with van der Waals surface area (Å²) in [6.07, 6.45) is -0.134. The van der Waals surface area contributed by atoms with Gasteiger partial charge in [0.25, 0.3) is 0 Å². The molecule has 2 N–H and O–H groups in total. The first-order valence-corrected chi connectivity index (χ1v) is 7.63. The van der Waals surface area contributed by atoms with E-state index in [-0.39, 0.29) is 12.8 Å². The van der Waals surface area contributed by atoms with Crippen LogP contribution >= 0.6 is 0 Å². The Labute approximate surface area is 145 Å². The molecular weight excluding hydrogens is 328 g/mol. The summed E-state index contributed by atoms with van der Waals surface area (Å²) in [5, 5.41) is 4.97. The van der Waals surface area contributed by atoms with Crippen molar-refractivity contribution in [1.29, 1.82) is 0 Å². The molecule has 8 heteroatoms. The molecule has 0 saturated heterocycles. The van der Waals surface area contributed by atoms with Crippen LogP contribution in [-0.4, -0.2) is 50.1 Å². The van der Waals surface area contributed by atoms with Crippen LogP contribution in [0, 0.1) is 0 Å². The molecule has 136 valence electrons. The number of benzene rings is 1. The zero-order chi connectivity index (χ0) is 18.8. The van der Waals surface area contributed by atoms with Gasteiger partial charge in [-0.2, -0.15) is 0 Å². The number of hydrogen-bond donors (Lipinski definition) is 2. The molecule has 0 aliphatic rings. The molecule has 0 unspecified atom stereocenters. The van der Waals surface area contributed by atoms with Crippen LogP contribution in [0.3, 0.4) is 0 Å². The number of carbonyl (C=O) groups is 4. The third-order valence-corrected chi connectivity index (χ3v) is 3.38. The van der Waals surface area contributed by atoms with Crippen molar-refractivity contribution in [3.05, 3.63) is 35.9 Å². The molecule has 0 aliphatic carbocycles. The van der Waals surface area contributed by atoms with Gasteiger partial charge in [-0.15, -0.1) is 0 Å². The predicted molar refractivity (Wildman–Crippen MR) is 88.3 cm³/mol. The first kappa shape index (κ1) is 20.1. The van der Waals surface area contributed by atoms with Crippen molar-refractivity contribution in [1.82, 2.24) is 10.6 Å². The van der Waals surface area contributed by atoms with Crippen molar-refractivity contribution in [2.75, 3.05) is 14.2 Å². The van der Waals surface area contributed by atoms with Crippen LogP contribution in [0.25, 0.3) is 0 Å². The number of amides is 2. The molecule has 0 bridgehead atoms. The summed E-state index contributed by atoms with van der Waals surface area (Å²) in [4.78, 5) is 47.1. The molecule has 0 aromatic heterocycles. The number of methoxy groups -OCH3 is 2. The Hall–Kier alpha value is -2.90. The minimum Gasteiger partial charge on any atom is -0.469 e. The Morgan fingerprint density at radius 3 is 2.12 bits per heavy atom. The lowest BCUT2D eigenvalue weighted by atomic mass is 10.0. The lowest BCUT2D eigenvalue weighted by Crippen LogP contribution is -2.52. The predicted octanol–water partition coefficient (Wildman–Crippen LogP) is -0.0453. The molecule has 1 aromatic rings. The van der Waals surface area contributed by atoms with Crippen LogP contribution in [0.15, 0.2) is 30.3 Å². The third kappa shape index (κ3) is 7.03. The van der Waals surface area contributed by atoms with Gasteiger partial charge in [-0.3, -0.25) is 14.4 Å².